The number of urea groups is 1. The Hall–Kier alpha value is -4.14. The van der Waals surface area contributed by atoms with Crippen LogP contribution in [0.2, 0.25) is 0 Å². The number of imide groups is 1. The number of carbonyl (C=O) groups is 3. The van der Waals surface area contributed by atoms with E-state index < -0.39 is 36.7 Å². The molecular formula is C26H27N5O4. The molecule has 0 aliphatic carbocycles. The van der Waals surface area contributed by atoms with Crippen LogP contribution in [0.5, 0.6) is 0 Å². The maximum Gasteiger partial charge on any atom is 0.328 e. The predicted molar refractivity (Wildman–Crippen MR) is 130 cm³/mol. The Morgan fingerprint density at radius 2 is 1.66 bits per heavy atom. The maximum atomic E-state index is 13.6. The predicted octanol–water partition coefficient (Wildman–Crippen LogP) is 3.07. The van der Waals surface area contributed by atoms with Gasteiger partial charge in [0.2, 0.25) is 5.96 Å². The van der Waals surface area contributed by atoms with E-state index in [9.17, 15) is 14.4 Å². The van der Waals surface area contributed by atoms with Crippen LogP contribution < -0.4 is 4.90 Å². The number of ether oxygens (including phenoxy) is 1. The van der Waals surface area contributed by atoms with Crippen LogP contribution in [0.3, 0.4) is 0 Å². The van der Waals surface area contributed by atoms with E-state index in [4.69, 9.17) is 9.73 Å². The van der Waals surface area contributed by atoms with Gasteiger partial charge in [0, 0.05) is 24.1 Å². The molecular weight excluding hydrogens is 446 g/mol. The molecule has 9 nitrogen and oxygen atoms in total. The average molecular weight is 474 g/mol. The Labute approximate surface area is 203 Å². The Morgan fingerprint density at radius 3 is 2.34 bits per heavy atom. The molecule has 9 heteroatoms. The molecule has 0 saturated carbocycles. The number of rotatable bonds is 5. The van der Waals surface area contributed by atoms with Crippen molar-refractivity contribution < 1.29 is 19.1 Å². The fraction of sp³-hybridized carbons (Fsp3) is 0.308. The molecule has 3 amide bonds. The van der Waals surface area contributed by atoms with Gasteiger partial charge < -0.3 is 9.64 Å². The fourth-order valence-corrected chi connectivity index (χ4v) is 4.67. The van der Waals surface area contributed by atoms with Crippen molar-refractivity contribution in [1.82, 2.24) is 14.7 Å². The molecule has 3 heterocycles. The van der Waals surface area contributed by atoms with Crippen molar-refractivity contribution in [1.29, 1.82) is 0 Å². The summed E-state index contributed by atoms with van der Waals surface area (Å²) in [7, 11) is 1.60. The molecule has 2 unspecified atom stereocenters. The van der Waals surface area contributed by atoms with Gasteiger partial charge in [0.25, 0.3) is 5.91 Å². The van der Waals surface area contributed by atoms with Crippen molar-refractivity contribution in [2.45, 2.75) is 39.6 Å². The molecule has 5 rings (SSSR count). The van der Waals surface area contributed by atoms with Gasteiger partial charge in [-0.25, -0.2) is 9.79 Å². The minimum absolute atomic E-state index is 0.0731. The molecule has 2 atom stereocenters. The molecule has 3 aliphatic rings. The maximum absolute atomic E-state index is 13.6. The van der Waals surface area contributed by atoms with Crippen molar-refractivity contribution in [2.24, 2.45) is 4.99 Å². The van der Waals surface area contributed by atoms with Crippen molar-refractivity contribution in [3.05, 3.63) is 77.1 Å². The molecule has 35 heavy (non-hydrogen) atoms. The third kappa shape index (κ3) is 3.73. The summed E-state index contributed by atoms with van der Waals surface area (Å²) in [6.45, 7) is 5.55. The van der Waals surface area contributed by atoms with Crippen LogP contribution in [-0.4, -0.2) is 64.4 Å². The summed E-state index contributed by atoms with van der Waals surface area (Å²) >= 11 is 0. The number of nitrogens with zero attached hydrogens (tertiary/aromatic N) is 5. The van der Waals surface area contributed by atoms with Crippen molar-refractivity contribution in [2.75, 3.05) is 18.5 Å². The molecule has 0 N–H and O–H groups in total. The minimum atomic E-state index is -0.750. The number of carbonyl (C=O) groups excluding carboxylic acids is 3. The quantitative estimate of drug-likeness (QED) is 0.621. The summed E-state index contributed by atoms with van der Waals surface area (Å²) in [4.78, 5) is 50.2. The van der Waals surface area contributed by atoms with Crippen LogP contribution in [0, 0.1) is 6.92 Å². The number of allylic oxidation sites excluding steroid dienone is 2. The number of aliphatic imine (C=N–C) groups is 1. The smallest absolute Gasteiger partial charge is 0.328 e. The molecule has 1 saturated heterocycles. The lowest BCUT2D eigenvalue weighted by Crippen LogP contribution is -2.65. The highest BCUT2D eigenvalue weighted by Crippen LogP contribution is 2.39. The molecule has 0 radical (unpaired) electrons. The highest BCUT2D eigenvalue weighted by Gasteiger charge is 2.56. The van der Waals surface area contributed by atoms with E-state index in [0.29, 0.717) is 5.96 Å². The van der Waals surface area contributed by atoms with Gasteiger partial charge in [0.05, 0.1) is 0 Å². The number of benzene rings is 2. The van der Waals surface area contributed by atoms with E-state index in [0.717, 1.165) is 33.1 Å². The summed E-state index contributed by atoms with van der Waals surface area (Å²) < 4.78 is 5.32. The Balaban J connectivity index is 1.38. The fourth-order valence-electron chi connectivity index (χ4n) is 4.67. The second kappa shape index (κ2) is 8.57. The van der Waals surface area contributed by atoms with Gasteiger partial charge in [-0.2, -0.15) is 0 Å². The van der Waals surface area contributed by atoms with Crippen LogP contribution in [-0.2, 0) is 20.9 Å². The lowest BCUT2D eigenvalue weighted by atomic mass is 10.1. The summed E-state index contributed by atoms with van der Waals surface area (Å²) in [5.41, 5.74) is 4.72. The second-order valence-corrected chi connectivity index (χ2v) is 8.96. The monoisotopic (exact) mass is 473 g/mol. The highest BCUT2D eigenvalue weighted by molar-refractivity contribution is 6.11. The lowest BCUT2D eigenvalue weighted by molar-refractivity contribution is -0.151. The zero-order valence-corrected chi connectivity index (χ0v) is 20.1. The summed E-state index contributed by atoms with van der Waals surface area (Å²) in [5, 5.41) is 0. The normalized spacial score (nSPS) is 21.4. The second-order valence-electron chi connectivity index (χ2n) is 8.96. The van der Waals surface area contributed by atoms with Crippen LogP contribution in [0.1, 0.15) is 25.0 Å². The summed E-state index contributed by atoms with van der Waals surface area (Å²) in [6.07, 6.45) is -0.683. The standard InChI is InChI=1S/C26H27N5O4/c1-16-10-12-20(13-11-16)30-17(2)18(3)31-22-23(27-25(30)31)28(4)26(34)29(24(22)33)14-21(32)35-15-19-8-6-5-7-9-19/h5-13,22-23H,14-15H2,1-4H3. The lowest BCUT2D eigenvalue weighted by Gasteiger charge is -2.40. The van der Waals surface area contributed by atoms with Crippen molar-refractivity contribution >= 4 is 29.6 Å². The van der Waals surface area contributed by atoms with Gasteiger partial charge in [-0.05, 0) is 38.5 Å². The number of anilines is 1. The molecule has 2 aromatic carbocycles. The van der Waals surface area contributed by atoms with E-state index in [-0.39, 0.29) is 6.61 Å². The van der Waals surface area contributed by atoms with Crippen molar-refractivity contribution in [3.8, 4) is 0 Å². The first-order chi connectivity index (χ1) is 16.8. The average Bonchev–Trinajstić information content (AvgIpc) is 3.36. The van der Waals surface area contributed by atoms with Gasteiger partial charge in [-0.3, -0.25) is 24.3 Å². The number of fused-ring (bicyclic) bond motifs is 3. The van der Waals surface area contributed by atoms with Crippen LogP contribution in [0.15, 0.2) is 71.0 Å². The minimum Gasteiger partial charge on any atom is -0.459 e. The number of esters is 1. The third-order valence-corrected chi connectivity index (χ3v) is 6.71. The number of hydrogen-bond acceptors (Lipinski definition) is 7. The van der Waals surface area contributed by atoms with E-state index in [1.54, 1.807) is 7.05 Å². The number of likely N-dealkylation sites (N-methyl/N-ethyl adjacent to an activating group) is 1. The Morgan fingerprint density at radius 1 is 0.971 bits per heavy atom. The van der Waals surface area contributed by atoms with Crippen LogP contribution in [0.25, 0.3) is 0 Å². The van der Waals surface area contributed by atoms with E-state index >= 15 is 0 Å². The highest BCUT2D eigenvalue weighted by atomic mass is 16.5. The van der Waals surface area contributed by atoms with Gasteiger partial charge in [-0.1, -0.05) is 48.0 Å². The molecule has 0 aromatic heterocycles. The van der Waals surface area contributed by atoms with Crippen LogP contribution in [0.4, 0.5) is 10.5 Å². The molecule has 0 bridgehead atoms. The molecule has 2 aromatic rings. The van der Waals surface area contributed by atoms with Gasteiger partial charge >= 0.3 is 12.0 Å². The van der Waals surface area contributed by atoms with Gasteiger partial charge in [0.1, 0.15) is 13.2 Å². The number of amides is 3. The van der Waals surface area contributed by atoms with Gasteiger partial charge in [-0.15, -0.1) is 0 Å². The molecule has 1 fully saturated rings. The van der Waals surface area contributed by atoms with Crippen molar-refractivity contribution in [3.63, 3.8) is 0 Å². The summed E-state index contributed by atoms with van der Waals surface area (Å²) in [5.74, 6) is -0.514. The first-order valence-electron chi connectivity index (χ1n) is 11.5. The zero-order chi connectivity index (χ0) is 24.9. The molecule has 180 valence electrons. The Kier molecular flexibility index (Phi) is 5.55. The number of guanidine groups is 1. The summed E-state index contributed by atoms with van der Waals surface area (Å²) in [6, 6.07) is 16.0. The Bertz CT molecular complexity index is 1250. The zero-order valence-electron chi connectivity index (χ0n) is 20.1. The third-order valence-electron chi connectivity index (χ3n) is 6.71. The van der Waals surface area contributed by atoms with E-state index in [2.05, 4.69) is 0 Å². The van der Waals surface area contributed by atoms with Crippen LogP contribution >= 0.6 is 0 Å². The topological polar surface area (TPSA) is 85.8 Å². The number of aryl methyl sites for hydroxylation is 1. The first-order valence-corrected chi connectivity index (χ1v) is 11.5. The van der Waals surface area contributed by atoms with E-state index in [1.165, 1.54) is 4.90 Å². The number of hydrogen-bond donors (Lipinski definition) is 0. The largest absolute Gasteiger partial charge is 0.459 e. The van der Waals surface area contributed by atoms with E-state index in [1.807, 2.05) is 85.2 Å². The SMILES string of the molecule is CC1=C(C)N2C(=NC3C2C(=O)N(CC(=O)OCc2ccccc2)C(=O)N3C)N1c1ccc(C)cc1. The molecule has 3 aliphatic heterocycles. The van der Waals surface area contributed by atoms with Gasteiger partial charge in [0.15, 0.2) is 12.2 Å². The molecule has 0 spiro atoms. The first kappa shape index (κ1) is 22.6.